The van der Waals surface area contributed by atoms with Crippen molar-refractivity contribution in [1.29, 1.82) is 0 Å². The molecule has 0 saturated carbocycles. The van der Waals surface area contributed by atoms with E-state index in [1.165, 1.54) is 0 Å². The van der Waals surface area contributed by atoms with Gasteiger partial charge in [-0.15, -0.1) is 4.98 Å². The topological polar surface area (TPSA) is 69.7 Å². The predicted molar refractivity (Wildman–Crippen MR) is 76.1 cm³/mol. The summed E-state index contributed by atoms with van der Waals surface area (Å²) < 4.78 is 16.2. The Kier molecular flexibility index (Phi) is 3.90. The van der Waals surface area contributed by atoms with Crippen molar-refractivity contribution in [3.63, 3.8) is 0 Å². The van der Waals surface area contributed by atoms with Crippen molar-refractivity contribution in [2.45, 2.75) is 20.0 Å². The quantitative estimate of drug-likeness (QED) is 0.791. The van der Waals surface area contributed by atoms with Crippen molar-refractivity contribution in [3.05, 3.63) is 34.6 Å². The van der Waals surface area contributed by atoms with Crippen molar-refractivity contribution >= 4 is 11.6 Å². The third-order valence-corrected chi connectivity index (χ3v) is 3.14. The van der Waals surface area contributed by atoms with Crippen molar-refractivity contribution in [2.75, 3.05) is 13.2 Å². The summed E-state index contributed by atoms with van der Waals surface area (Å²) in [6.45, 7) is 4.99. The van der Waals surface area contributed by atoms with E-state index in [9.17, 15) is 0 Å². The second-order valence-electron chi connectivity index (χ2n) is 4.76. The standard InChI is InChI=1S/C14H14ClN3O3/c1-8-4-3-5-9(2)11(8)21-14-17-12(15)16-13(18-14)20-7-10-6-19-10/h3-5,10H,6-7H2,1-2H3. The zero-order valence-corrected chi connectivity index (χ0v) is 12.4. The number of hydrogen-bond acceptors (Lipinski definition) is 6. The average molecular weight is 308 g/mol. The molecule has 7 heteroatoms. The molecule has 0 bridgehead atoms. The number of nitrogens with zero attached hydrogens (tertiary/aromatic N) is 3. The highest BCUT2D eigenvalue weighted by atomic mass is 35.5. The SMILES string of the molecule is Cc1cccc(C)c1Oc1nc(Cl)nc(OCC2CO2)n1. The molecule has 1 atom stereocenters. The van der Waals surface area contributed by atoms with Gasteiger partial charge in [-0.1, -0.05) is 18.2 Å². The third kappa shape index (κ3) is 3.59. The molecule has 1 aromatic carbocycles. The maximum absolute atomic E-state index is 5.87. The Morgan fingerprint density at radius 2 is 1.86 bits per heavy atom. The third-order valence-electron chi connectivity index (χ3n) is 2.97. The van der Waals surface area contributed by atoms with E-state index in [4.69, 9.17) is 25.8 Å². The van der Waals surface area contributed by atoms with Crippen LogP contribution in [0.5, 0.6) is 17.8 Å². The number of aryl methyl sites for hydroxylation is 2. The lowest BCUT2D eigenvalue weighted by atomic mass is 10.1. The Balaban J connectivity index is 1.80. The summed E-state index contributed by atoms with van der Waals surface area (Å²) in [7, 11) is 0. The Morgan fingerprint density at radius 3 is 2.52 bits per heavy atom. The summed E-state index contributed by atoms with van der Waals surface area (Å²) in [6.07, 6.45) is 0.114. The summed E-state index contributed by atoms with van der Waals surface area (Å²) in [5.74, 6) is 0.705. The fourth-order valence-electron chi connectivity index (χ4n) is 1.81. The maximum Gasteiger partial charge on any atom is 0.329 e. The Hall–Kier alpha value is -1.92. The highest BCUT2D eigenvalue weighted by Gasteiger charge is 2.24. The first-order valence-electron chi connectivity index (χ1n) is 6.52. The predicted octanol–water partition coefficient (Wildman–Crippen LogP) is 2.71. The zero-order valence-electron chi connectivity index (χ0n) is 11.7. The van der Waals surface area contributed by atoms with Crippen LogP contribution in [0.2, 0.25) is 5.28 Å². The van der Waals surface area contributed by atoms with Gasteiger partial charge in [-0.3, -0.25) is 0 Å². The lowest BCUT2D eigenvalue weighted by Gasteiger charge is -2.10. The number of hydrogen-bond donors (Lipinski definition) is 0. The molecule has 2 heterocycles. The van der Waals surface area contributed by atoms with E-state index in [0.29, 0.717) is 19.0 Å². The largest absolute Gasteiger partial charge is 0.460 e. The fourth-order valence-corrected chi connectivity index (χ4v) is 1.95. The van der Waals surface area contributed by atoms with Crippen LogP contribution in [0.15, 0.2) is 18.2 Å². The molecule has 0 N–H and O–H groups in total. The number of ether oxygens (including phenoxy) is 3. The summed E-state index contributed by atoms with van der Waals surface area (Å²) in [5.41, 5.74) is 1.97. The highest BCUT2D eigenvalue weighted by Crippen LogP contribution is 2.27. The molecule has 3 rings (SSSR count). The number of benzene rings is 1. The minimum atomic E-state index is 0.0259. The Labute approximate surface area is 127 Å². The molecule has 1 saturated heterocycles. The van der Waals surface area contributed by atoms with E-state index in [2.05, 4.69) is 15.0 Å². The van der Waals surface area contributed by atoms with Crippen molar-refractivity contribution in [1.82, 2.24) is 15.0 Å². The first-order chi connectivity index (χ1) is 10.1. The van der Waals surface area contributed by atoms with Gasteiger partial charge >= 0.3 is 12.0 Å². The molecule has 0 spiro atoms. The molecule has 2 aromatic rings. The van der Waals surface area contributed by atoms with Crippen LogP contribution in [0.1, 0.15) is 11.1 Å². The summed E-state index contributed by atoms with van der Waals surface area (Å²) in [4.78, 5) is 12.0. The molecule has 0 radical (unpaired) electrons. The van der Waals surface area contributed by atoms with Crippen LogP contribution in [0.4, 0.5) is 0 Å². The van der Waals surface area contributed by atoms with Gasteiger partial charge < -0.3 is 14.2 Å². The van der Waals surface area contributed by atoms with Gasteiger partial charge in [0.25, 0.3) is 0 Å². The molecule has 1 aromatic heterocycles. The van der Waals surface area contributed by atoms with Crippen LogP contribution >= 0.6 is 11.6 Å². The second kappa shape index (κ2) is 5.83. The van der Waals surface area contributed by atoms with Gasteiger partial charge in [0.2, 0.25) is 5.28 Å². The van der Waals surface area contributed by atoms with Gasteiger partial charge in [0.15, 0.2) is 0 Å². The Morgan fingerprint density at radius 1 is 1.19 bits per heavy atom. The summed E-state index contributed by atoms with van der Waals surface area (Å²) in [6, 6.07) is 6.10. The van der Waals surface area contributed by atoms with Crippen molar-refractivity contribution in [2.24, 2.45) is 0 Å². The molecule has 0 amide bonds. The van der Waals surface area contributed by atoms with Gasteiger partial charge in [-0.25, -0.2) is 0 Å². The van der Waals surface area contributed by atoms with E-state index in [0.717, 1.165) is 11.1 Å². The van der Waals surface area contributed by atoms with Gasteiger partial charge in [-0.05, 0) is 36.6 Å². The lowest BCUT2D eigenvalue weighted by molar-refractivity contribution is 0.242. The minimum Gasteiger partial charge on any atom is -0.460 e. The molecule has 6 nitrogen and oxygen atoms in total. The van der Waals surface area contributed by atoms with Crippen LogP contribution in [0.3, 0.4) is 0 Å². The van der Waals surface area contributed by atoms with Crippen LogP contribution in [0, 0.1) is 13.8 Å². The van der Waals surface area contributed by atoms with Crippen molar-refractivity contribution in [3.8, 4) is 17.8 Å². The van der Waals surface area contributed by atoms with E-state index in [1.54, 1.807) is 0 Å². The number of aromatic nitrogens is 3. The molecular weight excluding hydrogens is 294 g/mol. The van der Waals surface area contributed by atoms with E-state index < -0.39 is 0 Å². The fraction of sp³-hybridized carbons (Fsp3) is 0.357. The molecule has 110 valence electrons. The number of halogens is 1. The van der Waals surface area contributed by atoms with Crippen LogP contribution in [-0.2, 0) is 4.74 Å². The average Bonchev–Trinajstić information content (AvgIpc) is 3.24. The highest BCUT2D eigenvalue weighted by molar-refractivity contribution is 6.28. The second-order valence-corrected chi connectivity index (χ2v) is 5.10. The van der Waals surface area contributed by atoms with E-state index >= 15 is 0 Å². The summed E-state index contributed by atoms with van der Waals surface area (Å²) in [5, 5.41) is 0.0259. The van der Waals surface area contributed by atoms with Crippen molar-refractivity contribution < 1.29 is 14.2 Å². The van der Waals surface area contributed by atoms with Gasteiger partial charge in [0.1, 0.15) is 18.5 Å². The maximum atomic E-state index is 5.87. The number of rotatable bonds is 5. The van der Waals surface area contributed by atoms with E-state index in [1.807, 2.05) is 32.0 Å². The van der Waals surface area contributed by atoms with Gasteiger partial charge in [-0.2, -0.15) is 9.97 Å². The first-order valence-corrected chi connectivity index (χ1v) is 6.89. The molecular formula is C14H14ClN3O3. The molecule has 1 fully saturated rings. The minimum absolute atomic E-state index is 0.0259. The van der Waals surface area contributed by atoms with E-state index in [-0.39, 0.29) is 23.4 Å². The monoisotopic (exact) mass is 307 g/mol. The van der Waals surface area contributed by atoms with Crippen LogP contribution in [0.25, 0.3) is 0 Å². The first kappa shape index (κ1) is 14.0. The molecule has 1 unspecified atom stereocenters. The molecule has 1 aliphatic rings. The Bertz CT molecular complexity index is 642. The lowest BCUT2D eigenvalue weighted by Crippen LogP contribution is -2.08. The zero-order chi connectivity index (χ0) is 14.8. The van der Waals surface area contributed by atoms with Gasteiger partial charge in [0, 0.05) is 0 Å². The molecule has 1 aliphatic heterocycles. The van der Waals surface area contributed by atoms with Crippen LogP contribution < -0.4 is 9.47 Å². The number of para-hydroxylation sites is 1. The number of epoxide rings is 1. The van der Waals surface area contributed by atoms with Crippen LogP contribution in [-0.4, -0.2) is 34.3 Å². The molecule has 21 heavy (non-hydrogen) atoms. The van der Waals surface area contributed by atoms with Gasteiger partial charge in [0.05, 0.1) is 6.61 Å². The summed E-state index contributed by atoms with van der Waals surface area (Å²) >= 11 is 5.87. The smallest absolute Gasteiger partial charge is 0.329 e. The normalized spacial score (nSPS) is 16.6. The molecule has 0 aliphatic carbocycles.